The van der Waals surface area contributed by atoms with Crippen LogP contribution < -0.4 is 10.2 Å². The van der Waals surface area contributed by atoms with Crippen molar-refractivity contribution in [2.24, 2.45) is 0 Å². The van der Waals surface area contributed by atoms with Gasteiger partial charge < -0.3 is 9.84 Å². The van der Waals surface area contributed by atoms with Gasteiger partial charge in [0.1, 0.15) is 5.75 Å². The lowest BCUT2D eigenvalue weighted by molar-refractivity contribution is -0.130. The van der Waals surface area contributed by atoms with E-state index in [1.165, 1.54) is 11.3 Å². The Bertz CT molecular complexity index is 956. The number of ether oxygens (including phenoxy) is 1. The van der Waals surface area contributed by atoms with E-state index in [-0.39, 0.29) is 16.8 Å². The first-order chi connectivity index (χ1) is 10.6. The SMILES string of the molecule is C=C(CO)C(=O)Oc1cccc2sc3ccccc3c(=O)c12. The average Bonchev–Trinajstić information content (AvgIpc) is 2.54. The Morgan fingerprint density at radius 2 is 1.86 bits per heavy atom. The molecule has 0 spiro atoms. The van der Waals surface area contributed by atoms with Crippen LogP contribution in [0.25, 0.3) is 20.2 Å². The highest BCUT2D eigenvalue weighted by molar-refractivity contribution is 7.24. The van der Waals surface area contributed by atoms with Crippen LogP contribution in [0.4, 0.5) is 0 Å². The van der Waals surface area contributed by atoms with Gasteiger partial charge in [-0.15, -0.1) is 11.3 Å². The van der Waals surface area contributed by atoms with E-state index in [1.54, 1.807) is 24.3 Å². The maximum absolute atomic E-state index is 12.7. The third-order valence-electron chi connectivity index (χ3n) is 3.25. The lowest BCUT2D eigenvalue weighted by atomic mass is 10.1. The van der Waals surface area contributed by atoms with Crippen molar-refractivity contribution in [2.45, 2.75) is 0 Å². The minimum absolute atomic E-state index is 0.0612. The molecule has 0 unspecified atom stereocenters. The van der Waals surface area contributed by atoms with Gasteiger partial charge in [0.15, 0.2) is 5.43 Å². The summed E-state index contributed by atoms with van der Waals surface area (Å²) in [6.45, 7) is 2.93. The third kappa shape index (κ3) is 2.41. The Hall–Kier alpha value is -2.50. The summed E-state index contributed by atoms with van der Waals surface area (Å²) >= 11 is 1.46. The molecule has 0 aliphatic carbocycles. The normalized spacial score (nSPS) is 10.8. The Kier molecular flexibility index (Phi) is 3.75. The number of benzene rings is 2. The van der Waals surface area contributed by atoms with E-state index in [9.17, 15) is 9.59 Å². The first-order valence-electron chi connectivity index (χ1n) is 6.57. The minimum Gasteiger partial charge on any atom is -0.422 e. The molecule has 1 aromatic heterocycles. The van der Waals surface area contributed by atoms with E-state index < -0.39 is 12.6 Å². The molecule has 0 aliphatic heterocycles. The number of fused-ring (bicyclic) bond motifs is 2. The highest BCUT2D eigenvalue weighted by Gasteiger charge is 2.15. The second kappa shape index (κ2) is 5.71. The van der Waals surface area contributed by atoms with Crippen molar-refractivity contribution in [1.29, 1.82) is 0 Å². The molecule has 1 heterocycles. The van der Waals surface area contributed by atoms with Gasteiger partial charge in [0.05, 0.1) is 17.6 Å². The molecule has 0 atom stereocenters. The Labute approximate surface area is 129 Å². The highest BCUT2D eigenvalue weighted by Crippen LogP contribution is 2.30. The maximum atomic E-state index is 12.7. The lowest BCUT2D eigenvalue weighted by Gasteiger charge is -2.08. The van der Waals surface area contributed by atoms with Gasteiger partial charge in [0, 0.05) is 14.8 Å². The summed E-state index contributed by atoms with van der Waals surface area (Å²) < 4.78 is 6.84. The van der Waals surface area contributed by atoms with Gasteiger partial charge in [0.2, 0.25) is 0 Å². The lowest BCUT2D eigenvalue weighted by Crippen LogP contribution is -2.14. The van der Waals surface area contributed by atoms with Gasteiger partial charge in [-0.2, -0.15) is 0 Å². The van der Waals surface area contributed by atoms with Crippen LogP contribution in [0.1, 0.15) is 0 Å². The minimum atomic E-state index is -0.743. The number of esters is 1. The molecule has 4 nitrogen and oxygen atoms in total. The predicted molar refractivity (Wildman–Crippen MR) is 87.5 cm³/mol. The zero-order chi connectivity index (χ0) is 15.7. The molecule has 1 N–H and O–H groups in total. The molecule has 5 heteroatoms. The zero-order valence-corrected chi connectivity index (χ0v) is 12.4. The van der Waals surface area contributed by atoms with Crippen molar-refractivity contribution in [3.8, 4) is 5.75 Å². The zero-order valence-electron chi connectivity index (χ0n) is 11.5. The molecule has 110 valence electrons. The van der Waals surface area contributed by atoms with Crippen LogP contribution in [-0.2, 0) is 4.79 Å². The van der Waals surface area contributed by atoms with Crippen LogP contribution in [0.3, 0.4) is 0 Å². The van der Waals surface area contributed by atoms with Crippen molar-refractivity contribution in [3.05, 3.63) is 64.8 Å². The number of aliphatic hydroxyl groups excluding tert-OH is 1. The molecule has 0 radical (unpaired) electrons. The molecule has 0 aliphatic rings. The largest absolute Gasteiger partial charge is 0.422 e. The van der Waals surface area contributed by atoms with Crippen LogP contribution in [0, 0.1) is 0 Å². The Morgan fingerprint density at radius 1 is 1.14 bits per heavy atom. The van der Waals surface area contributed by atoms with E-state index in [4.69, 9.17) is 9.84 Å². The first-order valence-corrected chi connectivity index (χ1v) is 7.39. The van der Waals surface area contributed by atoms with Crippen molar-refractivity contribution < 1.29 is 14.6 Å². The molecule has 2 aromatic carbocycles. The molecule has 0 saturated heterocycles. The van der Waals surface area contributed by atoms with Crippen LogP contribution in [-0.4, -0.2) is 17.7 Å². The number of hydrogen-bond acceptors (Lipinski definition) is 5. The average molecular weight is 312 g/mol. The molecule has 22 heavy (non-hydrogen) atoms. The van der Waals surface area contributed by atoms with Crippen LogP contribution >= 0.6 is 11.3 Å². The summed E-state index contributed by atoms with van der Waals surface area (Å²) in [7, 11) is 0. The summed E-state index contributed by atoms with van der Waals surface area (Å²) in [6.07, 6.45) is 0. The quantitative estimate of drug-likeness (QED) is 0.349. The third-order valence-corrected chi connectivity index (χ3v) is 4.38. The smallest absolute Gasteiger partial charge is 0.341 e. The fourth-order valence-electron chi connectivity index (χ4n) is 2.14. The molecular formula is C17H12O4S. The standard InChI is InChI=1S/C17H12O4S/c1-10(9-18)17(20)21-12-6-4-8-14-15(12)16(19)11-5-2-3-7-13(11)22-14/h2-8,18H,1,9H2. The monoisotopic (exact) mass is 312 g/mol. The van der Waals surface area contributed by atoms with Crippen molar-refractivity contribution in [2.75, 3.05) is 6.61 Å². The Morgan fingerprint density at radius 3 is 2.64 bits per heavy atom. The van der Waals surface area contributed by atoms with Crippen molar-refractivity contribution >= 4 is 37.5 Å². The summed E-state index contributed by atoms with van der Waals surface area (Å²) in [6, 6.07) is 12.4. The second-order valence-electron chi connectivity index (χ2n) is 4.71. The number of aliphatic hydroxyl groups is 1. The van der Waals surface area contributed by atoms with Gasteiger partial charge >= 0.3 is 5.97 Å². The predicted octanol–water partition coefficient (Wildman–Crippen LogP) is 2.87. The van der Waals surface area contributed by atoms with Gasteiger partial charge in [-0.25, -0.2) is 4.79 Å². The molecule has 0 bridgehead atoms. The first kappa shape index (κ1) is 14.4. The molecule has 0 saturated carbocycles. The van der Waals surface area contributed by atoms with Gasteiger partial charge in [-0.05, 0) is 24.3 Å². The highest BCUT2D eigenvalue weighted by atomic mass is 32.1. The molecule has 3 aromatic rings. The fraction of sp³-hybridized carbons (Fsp3) is 0.0588. The van der Waals surface area contributed by atoms with E-state index >= 15 is 0 Å². The Balaban J connectivity index is 2.24. The summed E-state index contributed by atoms with van der Waals surface area (Å²) in [5.41, 5.74) is -0.240. The molecule has 3 rings (SSSR count). The van der Waals surface area contributed by atoms with E-state index in [0.717, 1.165) is 9.40 Å². The van der Waals surface area contributed by atoms with Crippen LogP contribution in [0.2, 0.25) is 0 Å². The van der Waals surface area contributed by atoms with Crippen LogP contribution in [0.5, 0.6) is 5.75 Å². The van der Waals surface area contributed by atoms with Crippen LogP contribution in [0.15, 0.2) is 59.4 Å². The topological polar surface area (TPSA) is 63.6 Å². The second-order valence-corrected chi connectivity index (χ2v) is 5.79. The maximum Gasteiger partial charge on any atom is 0.341 e. The van der Waals surface area contributed by atoms with Gasteiger partial charge in [0.25, 0.3) is 0 Å². The van der Waals surface area contributed by atoms with Gasteiger partial charge in [-0.3, -0.25) is 4.79 Å². The van der Waals surface area contributed by atoms with E-state index in [2.05, 4.69) is 6.58 Å². The summed E-state index contributed by atoms with van der Waals surface area (Å²) in [5, 5.41) is 9.89. The fourth-order valence-corrected chi connectivity index (χ4v) is 3.23. The van der Waals surface area contributed by atoms with Crippen molar-refractivity contribution in [3.63, 3.8) is 0 Å². The molecule has 0 amide bonds. The number of carbonyl (C=O) groups is 1. The van der Waals surface area contributed by atoms with Crippen molar-refractivity contribution in [1.82, 2.24) is 0 Å². The number of carbonyl (C=O) groups excluding carboxylic acids is 1. The summed E-state index contributed by atoms with van der Waals surface area (Å²) in [5.74, 6) is -0.559. The van der Waals surface area contributed by atoms with E-state index in [1.807, 2.05) is 18.2 Å². The molecular weight excluding hydrogens is 300 g/mol. The number of hydrogen-bond donors (Lipinski definition) is 1. The summed E-state index contributed by atoms with van der Waals surface area (Å²) in [4.78, 5) is 24.5. The molecule has 0 fully saturated rings. The van der Waals surface area contributed by atoms with E-state index in [0.29, 0.717) is 10.8 Å². The number of rotatable bonds is 3. The van der Waals surface area contributed by atoms with Gasteiger partial charge in [-0.1, -0.05) is 24.8 Å².